The number of nitrogens with zero attached hydrogens (tertiary/aromatic N) is 3. The number of hydrogen-bond donors (Lipinski definition) is 0. The Morgan fingerprint density at radius 3 is 2.21 bits per heavy atom. The second-order valence-electron chi connectivity index (χ2n) is 13.4. The number of pyridine rings is 3. The van der Waals surface area contributed by atoms with Crippen molar-refractivity contribution in [3.63, 3.8) is 0 Å². The molecule has 9 rings (SSSR count). The predicted octanol–water partition coefficient (Wildman–Crippen LogP) is 12.4. The SMILES string of the molecule is Cc1c[c-]c(-c2ccc(C)cn2)cc1.Cc1cc2ccncc2c(-c2ccc(C)c3c2oc2c(-c4cc(-c5ccccc5)ccn4)[c-]ccc23)c1C.[Ir]. The molecule has 0 saturated heterocycles. The molecular formula is C48H37IrN3O-2. The summed E-state index contributed by atoms with van der Waals surface area (Å²) >= 11 is 0. The van der Waals surface area contributed by atoms with E-state index in [2.05, 4.69) is 123 Å². The van der Waals surface area contributed by atoms with Gasteiger partial charge in [-0.05, 0) is 95.5 Å². The Labute approximate surface area is 324 Å². The van der Waals surface area contributed by atoms with Gasteiger partial charge in [0.25, 0.3) is 0 Å². The van der Waals surface area contributed by atoms with Gasteiger partial charge < -0.3 is 14.4 Å². The molecule has 0 fully saturated rings. The van der Waals surface area contributed by atoms with E-state index in [0.29, 0.717) is 0 Å². The van der Waals surface area contributed by atoms with Crippen molar-refractivity contribution in [3.8, 4) is 44.8 Å². The Balaban J connectivity index is 0.000000245. The first-order valence-corrected chi connectivity index (χ1v) is 17.5. The standard InChI is InChI=1S/C35H25N2O.C13H12N.Ir/c1-21-12-13-29(33-23(3)22(2)18-26-14-16-36-20-30(26)33)35-32(21)28-11-7-10-27(34(28)38-35)31-19-25(15-17-37-31)24-8-5-4-6-9-24;1-10-3-6-12(7-4-10)13-8-5-11(2)9-14-13;/h4-9,11-20H,1-3H3;3-6,8-9H,1-2H3;/q2*-1;. The van der Waals surface area contributed by atoms with Crippen LogP contribution in [0.3, 0.4) is 0 Å². The van der Waals surface area contributed by atoms with E-state index in [1.807, 2.05) is 68.1 Å². The van der Waals surface area contributed by atoms with E-state index in [9.17, 15) is 0 Å². The molecule has 4 heterocycles. The molecule has 0 aliphatic heterocycles. The average molecular weight is 864 g/mol. The molecule has 0 N–H and O–H groups in total. The van der Waals surface area contributed by atoms with Crippen molar-refractivity contribution >= 4 is 32.7 Å². The Morgan fingerprint density at radius 2 is 1.43 bits per heavy atom. The molecular weight excluding hydrogens is 827 g/mol. The van der Waals surface area contributed by atoms with Gasteiger partial charge in [-0.25, -0.2) is 0 Å². The fourth-order valence-corrected chi connectivity index (χ4v) is 6.89. The Morgan fingerprint density at radius 1 is 0.604 bits per heavy atom. The number of aromatic nitrogens is 3. The Hall–Kier alpha value is -5.74. The average Bonchev–Trinajstić information content (AvgIpc) is 3.58. The zero-order valence-electron chi connectivity index (χ0n) is 30.3. The third-order valence-electron chi connectivity index (χ3n) is 9.80. The van der Waals surface area contributed by atoms with Gasteiger partial charge in [-0.2, -0.15) is 0 Å². The van der Waals surface area contributed by atoms with Crippen molar-refractivity contribution in [3.05, 3.63) is 174 Å². The summed E-state index contributed by atoms with van der Waals surface area (Å²) < 4.78 is 6.80. The first-order chi connectivity index (χ1) is 25.4. The summed E-state index contributed by atoms with van der Waals surface area (Å²) in [6.45, 7) is 10.6. The van der Waals surface area contributed by atoms with E-state index in [4.69, 9.17) is 9.40 Å². The molecule has 0 saturated carbocycles. The van der Waals surface area contributed by atoms with E-state index in [1.54, 1.807) is 0 Å². The van der Waals surface area contributed by atoms with Crippen LogP contribution in [-0.2, 0) is 20.1 Å². The Bertz CT molecular complexity index is 2670. The first-order valence-electron chi connectivity index (χ1n) is 17.5. The molecule has 0 aliphatic carbocycles. The smallest absolute Gasteiger partial charge is 0.129 e. The van der Waals surface area contributed by atoms with Crippen LogP contribution in [0.15, 0.2) is 138 Å². The van der Waals surface area contributed by atoms with Crippen LogP contribution < -0.4 is 0 Å². The summed E-state index contributed by atoms with van der Waals surface area (Å²) in [5.74, 6) is 0. The van der Waals surface area contributed by atoms with Gasteiger partial charge in [0.1, 0.15) is 5.58 Å². The fourth-order valence-electron chi connectivity index (χ4n) is 6.89. The largest absolute Gasteiger partial charge is 0.500 e. The summed E-state index contributed by atoms with van der Waals surface area (Å²) in [6.07, 6.45) is 7.55. The molecule has 5 heteroatoms. The topological polar surface area (TPSA) is 51.8 Å². The van der Waals surface area contributed by atoms with Gasteiger partial charge in [0.2, 0.25) is 0 Å². The van der Waals surface area contributed by atoms with Crippen LogP contribution in [0, 0.1) is 46.8 Å². The normalized spacial score (nSPS) is 11.0. The van der Waals surface area contributed by atoms with E-state index in [0.717, 1.165) is 66.5 Å². The van der Waals surface area contributed by atoms with E-state index < -0.39 is 0 Å². The minimum atomic E-state index is 0. The molecule has 9 aromatic rings. The Kier molecular flexibility index (Phi) is 10.1. The second-order valence-corrected chi connectivity index (χ2v) is 13.4. The van der Waals surface area contributed by atoms with Gasteiger partial charge in [-0.3, -0.25) is 4.98 Å². The van der Waals surface area contributed by atoms with Gasteiger partial charge in [0.15, 0.2) is 0 Å². The molecule has 5 aromatic carbocycles. The molecule has 0 aliphatic rings. The summed E-state index contributed by atoms with van der Waals surface area (Å²) in [7, 11) is 0. The predicted molar refractivity (Wildman–Crippen MR) is 214 cm³/mol. The number of hydrogen-bond acceptors (Lipinski definition) is 4. The third-order valence-corrected chi connectivity index (χ3v) is 9.80. The van der Waals surface area contributed by atoms with Crippen LogP contribution in [-0.4, -0.2) is 15.0 Å². The summed E-state index contributed by atoms with van der Waals surface area (Å²) in [5.41, 5.74) is 16.0. The first kappa shape index (κ1) is 35.7. The third kappa shape index (κ3) is 6.94. The van der Waals surface area contributed by atoms with Gasteiger partial charge in [0.05, 0.1) is 5.58 Å². The van der Waals surface area contributed by atoms with Crippen molar-refractivity contribution in [2.24, 2.45) is 0 Å². The fraction of sp³-hybridized carbons (Fsp3) is 0.104. The quantitative estimate of drug-likeness (QED) is 0.165. The molecule has 1 radical (unpaired) electrons. The van der Waals surface area contributed by atoms with E-state index in [1.165, 1.54) is 38.8 Å². The molecule has 4 aromatic heterocycles. The summed E-state index contributed by atoms with van der Waals surface area (Å²) in [6, 6.07) is 44.1. The minimum Gasteiger partial charge on any atom is -0.500 e. The summed E-state index contributed by atoms with van der Waals surface area (Å²) in [5, 5.41) is 4.52. The van der Waals surface area contributed by atoms with Crippen LogP contribution in [0.1, 0.15) is 27.8 Å². The number of fused-ring (bicyclic) bond motifs is 4. The van der Waals surface area contributed by atoms with Gasteiger partial charge in [-0.15, -0.1) is 53.6 Å². The van der Waals surface area contributed by atoms with Crippen molar-refractivity contribution in [2.45, 2.75) is 34.6 Å². The molecule has 0 bridgehead atoms. The van der Waals surface area contributed by atoms with Crippen LogP contribution in [0.4, 0.5) is 0 Å². The molecule has 0 spiro atoms. The van der Waals surface area contributed by atoms with Crippen molar-refractivity contribution < 1.29 is 24.5 Å². The minimum absolute atomic E-state index is 0. The van der Waals surface area contributed by atoms with Crippen LogP contribution in [0.25, 0.3) is 77.5 Å². The number of rotatable bonds is 4. The number of aryl methyl sites for hydroxylation is 4. The maximum atomic E-state index is 6.80. The molecule has 4 nitrogen and oxygen atoms in total. The molecule has 0 unspecified atom stereocenters. The van der Waals surface area contributed by atoms with Gasteiger partial charge >= 0.3 is 0 Å². The molecule has 261 valence electrons. The van der Waals surface area contributed by atoms with Crippen LogP contribution >= 0.6 is 0 Å². The monoisotopic (exact) mass is 864 g/mol. The number of furan rings is 1. The number of benzene rings is 5. The van der Waals surface area contributed by atoms with Crippen LogP contribution in [0.5, 0.6) is 0 Å². The molecule has 0 amide bonds. The maximum absolute atomic E-state index is 6.80. The zero-order chi connectivity index (χ0) is 35.8. The van der Waals surface area contributed by atoms with Crippen LogP contribution in [0.2, 0.25) is 0 Å². The molecule has 53 heavy (non-hydrogen) atoms. The van der Waals surface area contributed by atoms with Gasteiger partial charge in [0, 0.05) is 61.2 Å². The van der Waals surface area contributed by atoms with Crippen molar-refractivity contribution in [1.29, 1.82) is 0 Å². The van der Waals surface area contributed by atoms with Gasteiger partial charge in [-0.1, -0.05) is 84.6 Å². The second kappa shape index (κ2) is 15.1. The summed E-state index contributed by atoms with van der Waals surface area (Å²) in [4.78, 5) is 13.5. The van der Waals surface area contributed by atoms with E-state index in [-0.39, 0.29) is 20.1 Å². The van der Waals surface area contributed by atoms with Crippen molar-refractivity contribution in [2.75, 3.05) is 0 Å². The maximum Gasteiger partial charge on any atom is 0.129 e. The van der Waals surface area contributed by atoms with Crippen molar-refractivity contribution in [1.82, 2.24) is 15.0 Å². The van der Waals surface area contributed by atoms with E-state index >= 15 is 0 Å². The zero-order valence-corrected chi connectivity index (χ0v) is 32.7. The molecule has 0 atom stereocenters.